The highest BCUT2D eigenvalue weighted by molar-refractivity contribution is 5.99. The van der Waals surface area contributed by atoms with Gasteiger partial charge in [0.15, 0.2) is 12.4 Å². The second-order valence-electron chi connectivity index (χ2n) is 4.85. The van der Waals surface area contributed by atoms with Crippen molar-refractivity contribution in [2.45, 2.75) is 6.92 Å². The fourth-order valence-corrected chi connectivity index (χ4v) is 1.90. The lowest BCUT2D eigenvalue weighted by Gasteiger charge is -2.08. The first-order valence-electron chi connectivity index (χ1n) is 6.90. The molecule has 0 saturated heterocycles. The Labute approximate surface area is 133 Å². The molecule has 3 N–H and O–H groups in total. The van der Waals surface area contributed by atoms with Gasteiger partial charge >= 0.3 is 5.97 Å². The van der Waals surface area contributed by atoms with Gasteiger partial charge in [0.2, 0.25) is 0 Å². The molecule has 2 aromatic carbocycles. The Bertz CT molecular complexity index is 756. The van der Waals surface area contributed by atoms with Crippen LogP contribution in [-0.4, -0.2) is 24.3 Å². The van der Waals surface area contributed by atoms with Crippen LogP contribution in [-0.2, 0) is 9.53 Å². The second kappa shape index (κ2) is 7.22. The molecule has 0 radical (unpaired) electrons. The lowest BCUT2D eigenvalue weighted by Crippen LogP contribution is -2.21. The molecule has 0 aliphatic heterocycles. The molecule has 0 atom stereocenters. The number of Topliss-reactive ketones (excluding diaryl/α,β-unsaturated/α-hetero) is 1. The van der Waals surface area contributed by atoms with Crippen LogP contribution in [0.25, 0.3) is 0 Å². The highest BCUT2D eigenvalue weighted by Gasteiger charge is 2.13. The topological polar surface area (TPSA) is 98.5 Å². The Kier molecular flexibility index (Phi) is 5.09. The number of amides is 1. The van der Waals surface area contributed by atoms with Crippen LogP contribution in [0.2, 0.25) is 0 Å². The Morgan fingerprint density at radius 3 is 2.52 bits per heavy atom. The Balaban J connectivity index is 1.93. The number of esters is 1. The maximum absolute atomic E-state index is 11.8. The minimum Gasteiger partial charge on any atom is -0.452 e. The van der Waals surface area contributed by atoms with Gasteiger partial charge in [-0.2, -0.15) is 0 Å². The second-order valence-corrected chi connectivity index (χ2v) is 4.85. The summed E-state index contributed by atoms with van der Waals surface area (Å²) in [6, 6.07) is 12.9. The molecule has 2 rings (SSSR count). The zero-order chi connectivity index (χ0) is 16.8. The van der Waals surface area contributed by atoms with Crippen LogP contribution in [0.1, 0.15) is 27.6 Å². The van der Waals surface area contributed by atoms with E-state index in [0.717, 1.165) is 0 Å². The molecule has 0 heterocycles. The largest absolute Gasteiger partial charge is 0.452 e. The van der Waals surface area contributed by atoms with Gasteiger partial charge in [-0.05, 0) is 31.2 Å². The quantitative estimate of drug-likeness (QED) is 0.501. The predicted molar refractivity (Wildman–Crippen MR) is 86.2 cm³/mol. The van der Waals surface area contributed by atoms with Crippen LogP contribution in [0, 0.1) is 0 Å². The molecule has 0 aliphatic carbocycles. The molecule has 1 amide bonds. The summed E-state index contributed by atoms with van der Waals surface area (Å²) in [6.07, 6.45) is 0. The summed E-state index contributed by atoms with van der Waals surface area (Å²) in [7, 11) is 0. The molecule has 6 heteroatoms. The number of benzene rings is 2. The number of ketones is 1. The van der Waals surface area contributed by atoms with Crippen LogP contribution in [0.15, 0.2) is 48.5 Å². The third-order valence-corrected chi connectivity index (χ3v) is 3.07. The van der Waals surface area contributed by atoms with Crippen LogP contribution < -0.4 is 11.1 Å². The molecule has 0 bridgehead atoms. The Hall–Kier alpha value is -3.15. The van der Waals surface area contributed by atoms with Gasteiger partial charge in [0, 0.05) is 16.9 Å². The van der Waals surface area contributed by atoms with Crippen LogP contribution >= 0.6 is 0 Å². The fourth-order valence-electron chi connectivity index (χ4n) is 1.90. The van der Waals surface area contributed by atoms with Gasteiger partial charge in [-0.3, -0.25) is 9.59 Å². The first-order chi connectivity index (χ1) is 11.0. The Morgan fingerprint density at radius 1 is 1.09 bits per heavy atom. The van der Waals surface area contributed by atoms with E-state index in [4.69, 9.17) is 10.5 Å². The third-order valence-electron chi connectivity index (χ3n) is 3.07. The molecule has 0 aliphatic rings. The Morgan fingerprint density at radius 2 is 1.83 bits per heavy atom. The lowest BCUT2D eigenvalue weighted by atomic mass is 10.1. The molecule has 23 heavy (non-hydrogen) atoms. The zero-order valence-corrected chi connectivity index (χ0v) is 12.5. The van der Waals surface area contributed by atoms with E-state index in [0.29, 0.717) is 11.3 Å². The van der Waals surface area contributed by atoms with E-state index in [1.807, 2.05) is 0 Å². The van der Waals surface area contributed by atoms with Gasteiger partial charge in [0.1, 0.15) is 0 Å². The van der Waals surface area contributed by atoms with Crippen molar-refractivity contribution in [3.63, 3.8) is 0 Å². The van der Waals surface area contributed by atoms with Crippen molar-refractivity contribution in [2.24, 2.45) is 0 Å². The summed E-state index contributed by atoms with van der Waals surface area (Å²) in [4.78, 5) is 34.9. The van der Waals surface area contributed by atoms with Crippen LogP contribution in [0.5, 0.6) is 0 Å². The molecule has 0 saturated carbocycles. The molecule has 0 spiro atoms. The van der Waals surface area contributed by atoms with Gasteiger partial charge in [-0.15, -0.1) is 0 Å². The molecule has 6 nitrogen and oxygen atoms in total. The maximum atomic E-state index is 11.8. The minimum absolute atomic E-state index is 0.105. The number of hydrogen-bond donors (Lipinski definition) is 2. The number of nitrogens with two attached hydrogens (primary N) is 1. The average molecular weight is 312 g/mol. The predicted octanol–water partition coefficient (Wildman–Crippen LogP) is 2.27. The minimum atomic E-state index is -0.671. The van der Waals surface area contributed by atoms with Crippen LogP contribution in [0.3, 0.4) is 0 Å². The molecule has 0 fully saturated rings. The fraction of sp³-hybridized carbons (Fsp3) is 0.118. The number of carbonyl (C=O) groups excluding carboxylic acids is 3. The summed E-state index contributed by atoms with van der Waals surface area (Å²) in [5, 5.41) is 2.56. The summed E-state index contributed by atoms with van der Waals surface area (Å²) >= 11 is 0. The van der Waals surface area contributed by atoms with Crippen molar-refractivity contribution in [1.29, 1.82) is 0 Å². The van der Waals surface area contributed by atoms with Gasteiger partial charge in [-0.25, -0.2) is 4.79 Å². The van der Waals surface area contributed by atoms with Crippen molar-refractivity contribution in [2.75, 3.05) is 17.7 Å². The number of nitrogen functional groups attached to an aromatic ring is 1. The summed E-state index contributed by atoms with van der Waals surface area (Å²) in [5.74, 6) is -1.28. The van der Waals surface area contributed by atoms with E-state index in [-0.39, 0.29) is 17.0 Å². The van der Waals surface area contributed by atoms with Gasteiger partial charge < -0.3 is 15.8 Å². The first-order valence-corrected chi connectivity index (χ1v) is 6.90. The summed E-state index contributed by atoms with van der Waals surface area (Å²) in [6.45, 7) is 0.991. The molecule has 118 valence electrons. The molecule has 0 unspecified atom stereocenters. The number of hydrogen-bond acceptors (Lipinski definition) is 5. The van der Waals surface area contributed by atoms with Gasteiger partial charge in [0.25, 0.3) is 5.91 Å². The number of anilines is 2. The lowest BCUT2D eigenvalue weighted by molar-refractivity contribution is -0.119. The number of rotatable bonds is 5. The normalized spacial score (nSPS) is 9.96. The maximum Gasteiger partial charge on any atom is 0.340 e. The number of carbonyl (C=O) groups is 3. The zero-order valence-electron chi connectivity index (χ0n) is 12.5. The monoisotopic (exact) mass is 312 g/mol. The standard InChI is InChI=1S/C17H16N2O4/c1-11(20)12-5-4-6-13(9-12)19-16(21)10-23-17(22)14-7-2-3-8-15(14)18/h2-9H,10,18H2,1H3,(H,19,21). The first kappa shape index (κ1) is 16.2. The third kappa shape index (κ3) is 4.41. The van der Waals surface area contributed by atoms with E-state index in [1.165, 1.54) is 13.0 Å². The summed E-state index contributed by atoms with van der Waals surface area (Å²) < 4.78 is 4.92. The van der Waals surface area contributed by atoms with E-state index in [2.05, 4.69) is 5.32 Å². The number of para-hydroxylation sites is 1. The highest BCUT2D eigenvalue weighted by atomic mass is 16.5. The van der Waals surface area contributed by atoms with Crippen molar-refractivity contribution in [1.82, 2.24) is 0 Å². The van der Waals surface area contributed by atoms with Crippen LogP contribution in [0.4, 0.5) is 11.4 Å². The van der Waals surface area contributed by atoms with Crippen molar-refractivity contribution < 1.29 is 19.1 Å². The number of ether oxygens (including phenoxy) is 1. The molecular formula is C17H16N2O4. The van der Waals surface area contributed by atoms with E-state index < -0.39 is 18.5 Å². The molecular weight excluding hydrogens is 296 g/mol. The van der Waals surface area contributed by atoms with Gasteiger partial charge in [-0.1, -0.05) is 24.3 Å². The van der Waals surface area contributed by atoms with E-state index in [1.54, 1.807) is 42.5 Å². The van der Waals surface area contributed by atoms with E-state index in [9.17, 15) is 14.4 Å². The SMILES string of the molecule is CC(=O)c1cccc(NC(=O)COC(=O)c2ccccc2N)c1. The number of nitrogens with one attached hydrogen (secondary N) is 1. The van der Waals surface area contributed by atoms with Gasteiger partial charge in [0.05, 0.1) is 5.56 Å². The van der Waals surface area contributed by atoms with E-state index >= 15 is 0 Å². The summed E-state index contributed by atoms with van der Waals surface area (Å²) in [5.41, 5.74) is 7.09. The molecule has 2 aromatic rings. The van der Waals surface area contributed by atoms with Crippen molar-refractivity contribution in [3.8, 4) is 0 Å². The highest BCUT2D eigenvalue weighted by Crippen LogP contribution is 2.13. The molecule has 0 aromatic heterocycles. The van der Waals surface area contributed by atoms with Crippen molar-refractivity contribution in [3.05, 3.63) is 59.7 Å². The average Bonchev–Trinajstić information content (AvgIpc) is 2.53. The van der Waals surface area contributed by atoms with Crippen molar-refractivity contribution >= 4 is 29.0 Å². The smallest absolute Gasteiger partial charge is 0.340 e.